The molecule has 20 heavy (non-hydrogen) atoms. The second-order valence-electron chi connectivity index (χ2n) is 5.81. The zero-order valence-electron chi connectivity index (χ0n) is 12.7. The van der Waals surface area contributed by atoms with Crippen molar-refractivity contribution in [2.75, 3.05) is 0 Å². The van der Waals surface area contributed by atoms with Gasteiger partial charge in [-0.25, -0.2) is 0 Å². The lowest BCUT2D eigenvalue weighted by molar-refractivity contribution is 0.557. The summed E-state index contributed by atoms with van der Waals surface area (Å²) in [6.07, 6.45) is 2.16. The minimum absolute atomic E-state index is 0.969. The molecule has 0 atom stereocenters. The Bertz CT molecular complexity index is 577. The topological polar surface area (TPSA) is 9.23 Å². The fourth-order valence-electron chi connectivity index (χ4n) is 2.17. The van der Waals surface area contributed by atoms with E-state index in [2.05, 4.69) is 81.2 Å². The second-order valence-corrected chi connectivity index (χ2v) is 10.2. The van der Waals surface area contributed by atoms with Crippen molar-refractivity contribution < 1.29 is 4.43 Å². The molecule has 2 aromatic rings. The molecule has 0 N–H and O–H groups in total. The monoisotopic (exact) mass is 282 g/mol. The van der Waals surface area contributed by atoms with Crippen LogP contribution in [0.2, 0.25) is 19.6 Å². The number of hydrogen-bond donors (Lipinski definition) is 0. The van der Waals surface area contributed by atoms with Crippen molar-refractivity contribution in [1.29, 1.82) is 0 Å². The lowest BCUT2D eigenvalue weighted by atomic mass is 9.98. The van der Waals surface area contributed by atoms with Gasteiger partial charge in [0.05, 0.1) is 0 Å². The molecule has 0 aromatic heterocycles. The average Bonchev–Trinajstić information content (AvgIpc) is 2.41. The van der Waals surface area contributed by atoms with E-state index in [1.54, 1.807) is 0 Å². The van der Waals surface area contributed by atoms with Crippen LogP contribution in [0.5, 0.6) is 5.75 Å². The predicted octanol–water partition coefficient (Wildman–Crippen LogP) is 5.35. The van der Waals surface area contributed by atoms with Crippen LogP contribution in [0, 0.1) is 0 Å². The third-order valence-corrected chi connectivity index (χ3v) is 3.81. The Morgan fingerprint density at radius 1 is 0.850 bits per heavy atom. The van der Waals surface area contributed by atoms with Gasteiger partial charge in [-0.1, -0.05) is 48.5 Å². The Hall–Kier alpha value is -1.80. The molecule has 0 saturated carbocycles. The van der Waals surface area contributed by atoms with Crippen molar-refractivity contribution in [2.45, 2.75) is 26.6 Å². The number of hydrogen-bond acceptors (Lipinski definition) is 1. The van der Waals surface area contributed by atoms with Gasteiger partial charge in [-0.15, -0.1) is 0 Å². The molecule has 0 saturated heterocycles. The van der Waals surface area contributed by atoms with Crippen molar-refractivity contribution in [1.82, 2.24) is 0 Å². The molecule has 0 radical (unpaired) electrons. The van der Waals surface area contributed by atoms with Gasteiger partial charge in [0.2, 0.25) is 8.32 Å². The summed E-state index contributed by atoms with van der Waals surface area (Å²) >= 11 is 0. The Morgan fingerprint density at radius 3 is 1.90 bits per heavy atom. The molecule has 1 nitrogen and oxygen atoms in total. The van der Waals surface area contributed by atoms with Crippen molar-refractivity contribution in [2.24, 2.45) is 0 Å². The van der Waals surface area contributed by atoms with Crippen molar-refractivity contribution in [3.63, 3.8) is 0 Å². The lowest BCUT2D eigenvalue weighted by Crippen LogP contribution is -2.29. The van der Waals surface area contributed by atoms with Crippen LogP contribution in [0.15, 0.2) is 60.7 Å². The number of allylic oxidation sites excluding steroid dienone is 1. The first-order valence-corrected chi connectivity index (χ1v) is 10.4. The average molecular weight is 282 g/mol. The zero-order valence-corrected chi connectivity index (χ0v) is 13.7. The van der Waals surface area contributed by atoms with Crippen LogP contribution in [0.4, 0.5) is 0 Å². The summed E-state index contributed by atoms with van der Waals surface area (Å²) < 4.78 is 6.00. The van der Waals surface area contributed by atoms with E-state index in [-0.39, 0.29) is 0 Å². The molecule has 2 aromatic carbocycles. The predicted molar refractivity (Wildman–Crippen MR) is 89.6 cm³/mol. The maximum Gasteiger partial charge on any atom is 0.242 e. The second kappa shape index (κ2) is 6.10. The first-order valence-electron chi connectivity index (χ1n) is 7.01. The summed E-state index contributed by atoms with van der Waals surface area (Å²) in [5.74, 6) is 0.969. The highest BCUT2D eigenvalue weighted by molar-refractivity contribution is 6.70. The highest BCUT2D eigenvalue weighted by Gasteiger charge is 2.16. The quantitative estimate of drug-likeness (QED) is 0.687. The zero-order chi connectivity index (χ0) is 14.6. The SMILES string of the molecule is CC=C(c1ccccc1)c1ccc(O[Si](C)(C)C)cc1. The minimum atomic E-state index is -1.53. The van der Waals surface area contributed by atoms with Gasteiger partial charge in [0.25, 0.3) is 0 Å². The molecule has 0 unspecified atom stereocenters. The minimum Gasteiger partial charge on any atom is -0.544 e. The van der Waals surface area contributed by atoms with Crippen LogP contribution in [-0.2, 0) is 0 Å². The fourth-order valence-corrected chi connectivity index (χ4v) is 3.02. The van der Waals surface area contributed by atoms with E-state index < -0.39 is 8.32 Å². The molecule has 0 heterocycles. The Morgan fingerprint density at radius 2 is 1.40 bits per heavy atom. The van der Waals surface area contributed by atoms with E-state index in [0.717, 1.165) is 5.75 Å². The molecule has 104 valence electrons. The standard InChI is InChI=1S/C18H22OSi/c1-5-18(15-9-7-6-8-10-15)16-11-13-17(14-12-16)19-20(2,3)4/h5-14H,1-4H3. The largest absolute Gasteiger partial charge is 0.544 e. The molecule has 2 heteroatoms. The summed E-state index contributed by atoms with van der Waals surface area (Å²) in [4.78, 5) is 0. The first kappa shape index (κ1) is 14.6. The lowest BCUT2D eigenvalue weighted by Gasteiger charge is -2.19. The normalized spacial score (nSPS) is 12.3. The summed E-state index contributed by atoms with van der Waals surface area (Å²) in [5.41, 5.74) is 3.72. The molecule has 0 aliphatic carbocycles. The molecular weight excluding hydrogens is 260 g/mol. The summed E-state index contributed by atoms with van der Waals surface area (Å²) in [6, 6.07) is 18.9. The van der Waals surface area contributed by atoms with Gasteiger partial charge in [-0.2, -0.15) is 0 Å². The smallest absolute Gasteiger partial charge is 0.242 e. The van der Waals surface area contributed by atoms with Crippen LogP contribution in [0.1, 0.15) is 18.1 Å². The van der Waals surface area contributed by atoms with Crippen molar-refractivity contribution >= 4 is 13.9 Å². The molecular formula is C18H22OSi. The van der Waals surface area contributed by atoms with Gasteiger partial charge in [0.15, 0.2) is 0 Å². The van der Waals surface area contributed by atoms with E-state index in [1.807, 2.05) is 6.07 Å². The van der Waals surface area contributed by atoms with Crippen LogP contribution in [0.25, 0.3) is 5.57 Å². The van der Waals surface area contributed by atoms with Gasteiger partial charge in [0.1, 0.15) is 5.75 Å². The van der Waals surface area contributed by atoms with Gasteiger partial charge in [-0.05, 0) is 55.4 Å². The summed E-state index contributed by atoms with van der Waals surface area (Å²) in [7, 11) is -1.53. The molecule has 0 fully saturated rings. The maximum atomic E-state index is 6.00. The third kappa shape index (κ3) is 3.84. The summed E-state index contributed by atoms with van der Waals surface area (Å²) in [6.45, 7) is 8.67. The van der Waals surface area contributed by atoms with Gasteiger partial charge < -0.3 is 4.43 Å². The highest BCUT2D eigenvalue weighted by Crippen LogP contribution is 2.25. The number of benzene rings is 2. The van der Waals surface area contributed by atoms with Gasteiger partial charge in [-0.3, -0.25) is 0 Å². The Kier molecular flexibility index (Phi) is 4.45. The van der Waals surface area contributed by atoms with Crippen LogP contribution < -0.4 is 4.43 Å². The van der Waals surface area contributed by atoms with E-state index >= 15 is 0 Å². The van der Waals surface area contributed by atoms with Crippen molar-refractivity contribution in [3.8, 4) is 5.75 Å². The van der Waals surface area contributed by atoms with Crippen LogP contribution >= 0.6 is 0 Å². The van der Waals surface area contributed by atoms with E-state index in [0.29, 0.717) is 0 Å². The Labute approximate surface area is 123 Å². The molecule has 0 bridgehead atoms. The molecule has 2 rings (SSSR count). The van der Waals surface area contributed by atoms with Crippen LogP contribution in [0.3, 0.4) is 0 Å². The molecule has 0 aliphatic rings. The molecule has 0 aliphatic heterocycles. The molecule has 0 spiro atoms. The van der Waals surface area contributed by atoms with Crippen molar-refractivity contribution in [3.05, 3.63) is 71.8 Å². The van der Waals surface area contributed by atoms with E-state index in [4.69, 9.17) is 4.43 Å². The first-order chi connectivity index (χ1) is 9.49. The summed E-state index contributed by atoms with van der Waals surface area (Å²) in [5, 5.41) is 0. The third-order valence-electron chi connectivity index (χ3n) is 2.96. The van der Waals surface area contributed by atoms with E-state index in [9.17, 15) is 0 Å². The Balaban J connectivity index is 2.25. The maximum absolute atomic E-state index is 6.00. The highest BCUT2D eigenvalue weighted by atomic mass is 28.4. The van der Waals surface area contributed by atoms with E-state index in [1.165, 1.54) is 16.7 Å². The van der Waals surface area contributed by atoms with Gasteiger partial charge >= 0.3 is 0 Å². The molecule has 0 amide bonds. The van der Waals surface area contributed by atoms with Crippen LogP contribution in [-0.4, -0.2) is 8.32 Å². The van der Waals surface area contributed by atoms with Gasteiger partial charge in [0, 0.05) is 0 Å². The fraction of sp³-hybridized carbons (Fsp3) is 0.222. The number of rotatable bonds is 4.